The summed E-state index contributed by atoms with van der Waals surface area (Å²) in [7, 11) is 0. The quantitative estimate of drug-likeness (QED) is 0.312. The summed E-state index contributed by atoms with van der Waals surface area (Å²) in [6.45, 7) is 2.91. The lowest BCUT2D eigenvalue weighted by Crippen LogP contribution is -2.41. The predicted molar refractivity (Wildman–Crippen MR) is 144 cm³/mol. The Morgan fingerprint density at radius 2 is 1.76 bits per heavy atom. The lowest BCUT2D eigenvalue weighted by molar-refractivity contribution is -0.137. The molecule has 3 N–H and O–H groups in total. The number of hydrogen-bond donors (Lipinski definition) is 2. The maximum atomic E-state index is 13.9. The number of nitrogens with two attached hydrogens (primary N) is 1. The minimum atomic E-state index is -4.74. The first-order chi connectivity index (χ1) is 19.5. The van der Waals surface area contributed by atoms with Crippen LogP contribution in [0.15, 0.2) is 60.7 Å². The molecule has 4 aromatic rings. The number of carbonyl (C=O) groups is 3. The van der Waals surface area contributed by atoms with Gasteiger partial charge >= 0.3 is 6.18 Å². The summed E-state index contributed by atoms with van der Waals surface area (Å²) in [6.07, 6.45) is -4.74. The Balaban J connectivity index is 1.59. The summed E-state index contributed by atoms with van der Waals surface area (Å²) in [4.78, 5) is 38.7. The van der Waals surface area contributed by atoms with Gasteiger partial charge in [0.15, 0.2) is 0 Å². The molecule has 1 saturated heterocycles. The van der Waals surface area contributed by atoms with Crippen LogP contribution in [0.2, 0.25) is 0 Å². The van der Waals surface area contributed by atoms with Crippen molar-refractivity contribution in [2.45, 2.75) is 19.6 Å². The summed E-state index contributed by atoms with van der Waals surface area (Å²) in [5, 5.41) is 2.64. The van der Waals surface area contributed by atoms with E-state index in [0.717, 1.165) is 24.3 Å². The van der Waals surface area contributed by atoms with Crippen molar-refractivity contribution in [3.05, 3.63) is 83.2 Å². The van der Waals surface area contributed by atoms with E-state index in [-0.39, 0.29) is 34.7 Å². The average molecular weight is 569 g/mol. The molecule has 12 heteroatoms. The highest BCUT2D eigenvalue weighted by atomic mass is 19.4. The monoisotopic (exact) mass is 568 g/mol. The van der Waals surface area contributed by atoms with Gasteiger partial charge in [0.05, 0.1) is 28.8 Å². The van der Waals surface area contributed by atoms with Crippen LogP contribution in [-0.4, -0.2) is 42.0 Å². The number of amides is 3. The number of morpholine rings is 1. The molecule has 1 fully saturated rings. The number of hydrogen-bond acceptors (Lipinski definition) is 4. The summed E-state index contributed by atoms with van der Waals surface area (Å²) in [5.41, 5.74) is 5.56. The minimum Gasteiger partial charge on any atom is -0.370 e. The molecule has 0 aliphatic carbocycles. The fourth-order valence-corrected chi connectivity index (χ4v) is 4.91. The maximum Gasteiger partial charge on any atom is 0.416 e. The highest BCUT2D eigenvalue weighted by Gasteiger charge is 2.33. The average Bonchev–Trinajstić information content (AvgIpc) is 3.32. The molecular weight excluding hydrogens is 544 g/mol. The predicted octanol–water partition coefficient (Wildman–Crippen LogP) is 5.20. The molecule has 0 radical (unpaired) electrons. The van der Waals surface area contributed by atoms with Gasteiger partial charge < -0.3 is 25.3 Å². The summed E-state index contributed by atoms with van der Waals surface area (Å²) in [5.74, 6) is -3.02. The molecule has 0 unspecified atom stereocenters. The topological polar surface area (TPSA) is 107 Å². The number of anilines is 2. The third kappa shape index (κ3) is 5.38. The number of nitrogens with one attached hydrogen (secondary N) is 1. The molecule has 1 aromatic heterocycles. The Morgan fingerprint density at radius 3 is 2.39 bits per heavy atom. The molecule has 0 spiro atoms. The van der Waals surface area contributed by atoms with Crippen molar-refractivity contribution in [2.75, 3.05) is 30.0 Å². The Bertz CT molecular complexity index is 1680. The minimum absolute atomic E-state index is 0.0139. The highest BCUT2D eigenvalue weighted by Crippen LogP contribution is 2.37. The summed E-state index contributed by atoms with van der Waals surface area (Å²) >= 11 is 0. The van der Waals surface area contributed by atoms with Crippen molar-refractivity contribution >= 4 is 40.0 Å². The number of nitrogens with zero attached hydrogens (tertiary/aromatic N) is 2. The van der Waals surface area contributed by atoms with E-state index in [9.17, 15) is 31.9 Å². The van der Waals surface area contributed by atoms with Crippen LogP contribution >= 0.6 is 0 Å². The molecule has 5 rings (SSSR count). The number of carbonyl (C=O) groups excluding carboxylic acids is 3. The van der Waals surface area contributed by atoms with Gasteiger partial charge in [-0.3, -0.25) is 14.4 Å². The van der Waals surface area contributed by atoms with Gasteiger partial charge in [0.1, 0.15) is 12.4 Å². The van der Waals surface area contributed by atoms with Gasteiger partial charge in [-0.1, -0.05) is 12.1 Å². The van der Waals surface area contributed by atoms with Crippen LogP contribution in [0.1, 0.15) is 33.2 Å². The van der Waals surface area contributed by atoms with E-state index < -0.39 is 34.9 Å². The molecule has 3 aromatic carbocycles. The molecule has 0 saturated carbocycles. The number of fused-ring (bicyclic) bond motifs is 1. The number of ether oxygens (including phenoxy) is 1. The molecule has 212 valence electrons. The van der Waals surface area contributed by atoms with E-state index in [2.05, 4.69) is 5.32 Å². The third-order valence-electron chi connectivity index (χ3n) is 6.83. The van der Waals surface area contributed by atoms with Gasteiger partial charge in [0, 0.05) is 35.5 Å². The first-order valence-corrected chi connectivity index (χ1v) is 12.6. The van der Waals surface area contributed by atoms with Crippen molar-refractivity contribution in [1.82, 2.24) is 4.57 Å². The molecule has 1 aliphatic heterocycles. The van der Waals surface area contributed by atoms with Crippen LogP contribution in [0, 0.1) is 5.82 Å². The SMILES string of the molecule is CCn1c(-c2ccc(N3CCOCC3=O)cc2)cc2cc(C(F)(F)F)cc(C(=O)Nc3ccc(F)c(C(N)=O)c3)c21. The first-order valence-electron chi connectivity index (χ1n) is 12.6. The number of rotatable bonds is 6. The van der Waals surface area contributed by atoms with Crippen LogP contribution in [0.3, 0.4) is 0 Å². The van der Waals surface area contributed by atoms with Gasteiger partial charge in [-0.05, 0) is 61.0 Å². The Morgan fingerprint density at radius 1 is 1.02 bits per heavy atom. The molecule has 0 atom stereocenters. The standard InChI is InChI=1S/C29H24F4N4O4/c1-2-36-24(16-3-6-20(7-4-16)37-9-10-41-15-25(37)38)12-17-11-18(29(31,32)33)13-22(26(17)36)28(40)35-19-5-8-23(30)21(14-19)27(34)39/h3-8,11-14H,2,9-10,15H2,1H3,(H2,34,39)(H,35,40). The van der Waals surface area contributed by atoms with Crippen molar-refractivity contribution in [2.24, 2.45) is 5.73 Å². The second-order valence-corrected chi connectivity index (χ2v) is 9.39. The molecule has 8 nitrogen and oxygen atoms in total. The van der Waals surface area contributed by atoms with Gasteiger partial charge in [-0.25, -0.2) is 4.39 Å². The number of benzene rings is 3. The number of aromatic nitrogens is 1. The molecule has 1 aliphatic rings. The summed E-state index contributed by atoms with van der Waals surface area (Å²) in [6, 6.07) is 13.4. The van der Waals surface area contributed by atoms with E-state index in [1.165, 1.54) is 6.07 Å². The van der Waals surface area contributed by atoms with Crippen LogP contribution in [0.4, 0.5) is 28.9 Å². The van der Waals surface area contributed by atoms with E-state index in [0.29, 0.717) is 36.6 Å². The number of halogens is 4. The second-order valence-electron chi connectivity index (χ2n) is 9.39. The Hall–Kier alpha value is -4.71. The second kappa shape index (κ2) is 10.7. The molecule has 2 heterocycles. The van der Waals surface area contributed by atoms with Crippen molar-refractivity contribution in [3.8, 4) is 11.3 Å². The zero-order valence-corrected chi connectivity index (χ0v) is 21.7. The van der Waals surface area contributed by atoms with Crippen LogP contribution in [0.5, 0.6) is 0 Å². The van der Waals surface area contributed by atoms with Crippen LogP contribution in [0.25, 0.3) is 22.2 Å². The Labute approximate surface area is 231 Å². The zero-order chi connectivity index (χ0) is 29.5. The van der Waals surface area contributed by atoms with Crippen LogP contribution in [-0.2, 0) is 22.3 Å². The van der Waals surface area contributed by atoms with E-state index in [1.54, 1.807) is 46.7 Å². The van der Waals surface area contributed by atoms with Crippen molar-refractivity contribution in [3.63, 3.8) is 0 Å². The van der Waals surface area contributed by atoms with E-state index >= 15 is 0 Å². The van der Waals surface area contributed by atoms with Gasteiger partial charge in [-0.2, -0.15) is 13.2 Å². The third-order valence-corrected chi connectivity index (χ3v) is 6.83. The first kappa shape index (κ1) is 27.8. The van der Waals surface area contributed by atoms with Crippen LogP contribution < -0.4 is 16.0 Å². The Kier molecular flexibility index (Phi) is 7.26. The molecular formula is C29H24F4N4O4. The fourth-order valence-electron chi connectivity index (χ4n) is 4.91. The fraction of sp³-hybridized carbons (Fsp3) is 0.207. The lowest BCUT2D eigenvalue weighted by Gasteiger charge is -2.27. The molecule has 0 bridgehead atoms. The number of alkyl halides is 3. The zero-order valence-electron chi connectivity index (χ0n) is 21.7. The molecule has 3 amide bonds. The van der Waals surface area contributed by atoms with E-state index in [1.807, 2.05) is 0 Å². The maximum absolute atomic E-state index is 13.9. The number of aryl methyl sites for hydroxylation is 1. The normalized spacial score (nSPS) is 14.0. The van der Waals surface area contributed by atoms with Crippen molar-refractivity contribution in [1.29, 1.82) is 0 Å². The summed E-state index contributed by atoms with van der Waals surface area (Å²) < 4.78 is 62.4. The smallest absolute Gasteiger partial charge is 0.370 e. The van der Waals surface area contributed by atoms with Gasteiger partial charge in [0.25, 0.3) is 17.7 Å². The van der Waals surface area contributed by atoms with Crippen molar-refractivity contribution < 1.29 is 36.7 Å². The van der Waals surface area contributed by atoms with Gasteiger partial charge in [-0.15, -0.1) is 0 Å². The number of primary amides is 1. The molecule has 41 heavy (non-hydrogen) atoms. The largest absolute Gasteiger partial charge is 0.416 e. The highest BCUT2D eigenvalue weighted by molar-refractivity contribution is 6.13. The lowest BCUT2D eigenvalue weighted by atomic mass is 10.0. The van der Waals surface area contributed by atoms with E-state index in [4.69, 9.17) is 10.5 Å². The van der Waals surface area contributed by atoms with Gasteiger partial charge in [0.2, 0.25) is 0 Å².